The van der Waals surface area contributed by atoms with Gasteiger partial charge in [0.2, 0.25) is 5.65 Å². The van der Waals surface area contributed by atoms with Crippen molar-refractivity contribution in [2.24, 2.45) is 0 Å². The highest BCUT2D eigenvalue weighted by Gasteiger charge is 2.48. The van der Waals surface area contributed by atoms with Gasteiger partial charge in [0.1, 0.15) is 5.75 Å². The number of urea groups is 1. The van der Waals surface area contributed by atoms with Gasteiger partial charge in [-0.1, -0.05) is 0 Å². The van der Waals surface area contributed by atoms with Crippen LogP contribution in [0.3, 0.4) is 0 Å². The van der Waals surface area contributed by atoms with Crippen molar-refractivity contribution in [3.63, 3.8) is 0 Å². The Morgan fingerprint density at radius 3 is 2.32 bits per heavy atom. The third-order valence-electron chi connectivity index (χ3n) is 5.96. The summed E-state index contributed by atoms with van der Waals surface area (Å²) in [5.74, 6) is 0.0627. The molecular weight excluding hydrogens is 572 g/mol. The van der Waals surface area contributed by atoms with E-state index in [0.717, 1.165) is 19.2 Å². The second-order valence-corrected chi connectivity index (χ2v) is 8.83. The first-order valence-corrected chi connectivity index (χ1v) is 12.0. The molecule has 2 atom stereocenters. The van der Waals surface area contributed by atoms with Crippen molar-refractivity contribution in [3.8, 4) is 22.9 Å². The van der Waals surface area contributed by atoms with E-state index < -0.39 is 62.0 Å². The summed E-state index contributed by atoms with van der Waals surface area (Å²) in [7, 11) is 2.57. The van der Waals surface area contributed by atoms with Crippen molar-refractivity contribution in [1.82, 2.24) is 29.6 Å². The molecule has 0 saturated carbocycles. The number of nitrogens with one attached hydrogen (secondary N) is 1. The Bertz CT molecular complexity index is 1360. The van der Waals surface area contributed by atoms with Crippen molar-refractivity contribution in [2.75, 3.05) is 20.8 Å². The zero-order valence-corrected chi connectivity index (χ0v) is 22.1. The van der Waals surface area contributed by atoms with Crippen LogP contribution in [0, 0.1) is 6.92 Å². The van der Waals surface area contributed by atoms with Crippen molar-refractivity contribution >= 4 is 11.7 Å². The van der Waals surface area contributed by atoms with E-state index in [1.165, 1.54) is 24.8 Å². The molecule has 0 unspecified atom stereocenters. The molecule has 9 nitrogen and oxygen atoms in total. The number of carbonyl (C=O) groups is 1. The van der Waals surface area contributed by atoms with E-state index in [-0.39, 0.29) is 27.8 Å². The molecule has 3 aromatic rings. The number of rotatable bonds is 10. The summed E-state index contributed by atoms with van der Waals surface area (Å²) in [6.45, 7) is 2.20. The average molecular weight is 598 g/mol. The topological polar surface area (TPSA) is 93.9 Å². The molecule has 3 aromatic heterocycles. The summed E-state index contributed by atoms with van der Waals surface area (Å²) in [5.41, 5.74) is 0.319. The quantitative estimate of drug-likeness (QED) is 0.300. The molecule has 17 heteroatoms. The minimum absolute atomic E-state index is 0.0119. The van der Waals surface area contributed by atoms with Gasteiger partial charge in [0, 0.05) is 30.9 Å². The number of fused-ring (bicyclic) bond motifs is 1. The van der Waals surface area contributed by atoms with E-state index in [1.54, 1.807) is 18.4 Å². The number of halogens is 8. The number of amides is 2. The number of methoxy groups -OCH3 is 2. The maximum atomic E-state index is 14.4. The van der Waals surface area contributed by atoms with Crippen LogP contribution in [-0.2, 0) is 0 Å². The first-order chi connectivity index (χ1) is 19.1. The maximum absolute atomic E-state index is 14.4. The van der Waals surface area contributed by atoms with Crippen LogP contribution in [-0.4, -0.2) is 75.9 Å². The number of imidazole rings is 1. The van der Waals surface area contributed by atoms with Crippen LogP contribution in [0.5, 0.6) is 11.6 Å². The Balaban J connectivity index is 2.06. The Kier molecular flexibility index (Phi) is 9.48. The van der Waals surface area contributed by atoms with Crippen LogP contribution in [0.1, 0.15) is 37.2 Å². The predicted octanol–water partition coefficient (Wildman–Crippen LogP) is 5.73. The van der Waals surface area contributed by atoms with Crippen LogP contribution in [0.25, 0.3) is 16.9 Å². The molecule has 3 rings (SSSR count). The van der Waals surface area contributed by atoms with Gasteiger partial charge in [-0.3, -0.25) is 4.98 Å². The van der Waals surface area contributed by atoms with Crippen molar-refractivity contribution in [2.45, 2.75) is 57.6 Å². The van der Waals surface area contributed by atoms with E-state index in [2.05, 4.69) is 15.0 Å². The Morgan fingerprint density at radius 1 is 1.10 bits per heavy atom. The van der Waals surface area contributed by atoms with Crippen LogP contribution in [0.4, 0.5) is 39.9 Å². The van der Waals surface area contributed by atoms with Gasteiger partial charge < -0.3 is 24.1 Å². The van der Waals surface area contributed by atoms with Gasteiger partial charge >= 0.3 is 18.4 Å². The summed E-state index contributed by atoms with van der Waals surface area (Å²) >= 11 is 0. The van der Waals surface area contributed by atoms with Crippen molar-refractivity contribution in [3.05, 3.63) is 36.0 Å². The standard InChI is InChI=1S/C24H26F8N6O3/c1-5-38(22(39)36-14(19(25)26)6-7-23(27,28)29)18(24(30,31)32)15-8-13(17(40-3)9-33-15)16-11-37-10-12(2)34-20(37)21(35-16)41-4/h8-11,14,18-19H,5-7H2,1-4H3,(H,36,39)/t14-,18-/m0/s1. The van der Waals surface area contributed by atoms with E-state index in [4.69, 9.17) is 9.47 Å². The normalized spacial score (nSPS) is 13.8. The molecule has 0 aromatic carbocycles. The fourth-order valence-corrected chi connectivity index (χ4v) is 4.10. The lowest BCUT2D eigenvalue weighted by Crippen LogP contribution is -2.51. The number of hydrogen-bond acceptors (Lipinski definition) is 6. The molecule has 0 fully saturated rings. The van der Waals surface area contributed by atoms with Gasteiger partial charge in [-0.15, -0.1) is 0 Å². The molecule has 0 bridgehead atoms. The smallest absolute Gasteiger partial charge is 0.414 e. The van der Waals surface area contributed by atoms with E-state index >= 15 is 0 Å². The number of aromatic nitrogens is 4. The molecule has 0 aliphatic heterocycles. The molecule has 0 saturated heterocycles. The number of carbonyl (C=O) groups excluding carboxylic acids is 1. The van der Waals surface area contributed by atoms with E-state index in [0.29, 0.717) is 11.3 Å². The van der Waals surface area contributed by atoms with Crippen LogP contribution in [0.15, 0.2) is 24.7 Å². The second kappa shape index (κ2) is 12.3. The molecule has 0 spiro atoms. The number of pyridine rings is 1. The number of nitrogens with zero attached hydrogens (tertiary/aromatic N) is 5. The SMILES string of the molecule is CCN(C(=O)N[C@@H](CCC(F)(F)F)C(F)F)[C@@H](c1cc(-c2cn3cc(C)nc3c(OC)n2)c(OC)cn1)C(F)(F)F. The molecule has 41 heavy (non-hydrogen) atoms. The lowest BCUT2D eigenvalue weighted by Gasteiger charge is -2.33. The summed E-state index contributed by atoms with van der Waals surface area (Å²) in [6.07, 6.45) is -12.3. The Morgan fingerprint density at radius 2 is 1.78 bits per heavy atom. The minimum atomic E-state index is -5.17. The molecule has 0 aliphatic carbocycles. The number of hydrogen-bond donors (Lipinski definition) is 1. The fourth-order valence-electron chi connectivity index (χ4n) is 4.10. The van der Waals surface area contributed by atoms with Crippen LogP contribution >= 0.6 is 0 Å². The Labute approximate surface area is 228 Å². The predicted molar refractivity (Wildman–Crippen MR) is 129 cm³/mol. The van der Waals surface area contributed by atoms with E-state index in [9.17, 15) is 39.9 Å². The highest BCUT2D eigenvalue weighted by Crippen LogP contribution is 2.40. The zero-order chi connectivity index (χ0) is 30.7. The molecule has 2 amide bonds. The highest BCUT2D eigenvalue weighted by atomic mass is 19.4. The number of alkyl halides is 8. The van der Waals surface area contributed by atoms with Gasteiger partial charge in [0.25, 0.3) is 12.3 Å². The molecular formula is C24H26F8N6O3. The maximum Gasteiger partial charge on any atom is 0.414 e. The number of ether oxygens (including phenoxy) is 2. The lowest BCUT2D eigenvalue weighted by atomic mass is 10.1. The first-order valence-electron chi connectivity index (χ1n) is 12.0. The number of aryl methyl sites for hydroxylation is 1. The van der Waals surface area contributed by atoms with Gasteiger partial charge in [0.15, 0.2) is 6.04 Å². The summed E-state index contributed by atoms with van der Waals surface area (Å²) in [5, 5.41) is 1.61. The third-order valence-corrected chi connectivity index (χ3v) is 5.96. The van der Waals surface area contributed by atoms with E-state index in [1.807, 2.05) is 0 Å². The highest BCUT2D eigenvalue weighted by molar-refractivity contribution is 5.75. The molecule has 0 aliphatic rings. The second-order valence-electron chi connectivity index (χ2n) is 8.83. The van der Waals surface area contributed by atoms with Gasteiger partial charge in [-0.2, -0.15) is 26.3 Å². The van der Waals surface area contributed by atoms with Crippen LogP contribution in [0.2, 0.25) is 0 Å². The summed E-state index contributed by atoms with van der Waals surface area (Å²) in [4.78, 5) is 25.3. The monoisotopic (exact) mass is 598 g/mol. The minimum Gasteiger partial charge on any atom is -0.494 e. The van der Waals surface area contributed by atoms with Gasteiger partial charge in [-0.25, -0.2) is 23.5 Å². The molecule has 3 heterocycles. The zero-order valence-electron chi connectivity index (χ0n) is 22.1. The third kappa shape index (κ3) is 7.43. The Hall–Kier alpha value is -3.92. The van der Waals surface area contributed by atoms with Gasteiger partial charge in [0.05, 0.1) is 43.5 Å². The molecule has 1 N–H and O–H groups in total. The molecule has 226 valence electrons. The average Bonchev–Trinajstić information content (AvgIpc) is 3.27. The van der Waals surface area contributed by atoms with Crippen molar-refractivity contribution in [1.29, 1.82) is 0 Å². The molecule has 0 radical (unpaired) electrons. The fraction of sp³-hybridized carbons (Fsp3) is 0.500. The first kappa shape index (κ1) is 31.6. The summed E-state index contributed by atoms with van der Waals surface area (Å²) in [6, 6.07) is -5.78. The van der Waals surface area contributed by atoms with Gasteiger partial charge in [-0.05, 0) is 26.3 Å². The lowest BCUT2D eigenvalue weighted by molar-refractivity contribution is -0.179. The van der Waals surface area contributed by atoms with Crippen molar-refractivity contribution < 1.29 is 49.4 Å². The van der Waals surface area contributed by atoms with Crippen LogP contribution < -0.4 is 14.8 Å². The largest absolute Gasteiger partial charge is 0.494 e. The summed E-state index contributed by atoms with van der Waals surface area (Å²) < 4.78 is 120.